The number of piperidine rings is 1. The number of nitrogens with zero attached hydrogens (tertiary/aromatic N) is 2. The summed E-state index contributed by atoms with van der Waals surface area (Å²) >= 11 is 0. The minimum Gasteiger partial charge on any atom is -0.387 e. The monoisotopic (exact) mass is 294 g/mol. The number of aliphatic hydroxyl groups is 1. The van der Waals surface area contributed by atoms with E-state index in [1.807, 2.05) is 0 Å². The van der Waals surface area contributed by atoms with Crippen LogP contribution in [-0.2, 0) is 9.59 Å². The van der Waals surface area contributed by atoms with Crippen molar-refractivity contribution >= 4 is 11.8 Å². The molecule has 118 valence electrons. The molecule has 2 heterocycles. The minimum absolute atomic E-state index is 0.241. The first-order chi connectivity index (χ1) is 10.2. The number of amides is 2. The van der Waals surface area contributed by atoms with Gasteiger partial charge in [-0.3, -0.25) is 9.59 Å². The summed E-state index contributed by atoms with van der Waals surface area (Å²) in [6.07, 6.45) is 8.74. The largest absolute Gasteiger partial charge is 0.387 e. The quantitative estimate of drug-likeness (QED) is 0.831. The fourth-order valence-corrected chi connectivity index (χ4v) is 4.41. The van der Waals surface area contributed by atoms with Crippen LogP contribution in [0.1, 0.15) is 51.4 Å². The van der Waals surface area contributed by atoms with Crippen LogP contribution in [0.5, 0.6) is 0 Å². The van der Waals surface area contributed by atoms with E-state index in [0.717, 1.165) is 38.6 Å². The van der Waals surface area contributed by atoms with Crippen molar-refractivity contribution in [2.75, 3.05) is 26.2 Å². The molecular formula is C16H26N2O3. The third-order valence-electron chi connectivity index (χ3n) is 5.63. The molecule has 1 atom stereocenters. The molecule has 0 aromatic heterocycles. The van der Waals surface area contributed by atoms with E-state index in [4.69, 9.17) is 5.11 Å². The summed E-state index contributed by atoms with van der Waals surface area (Å²) in [5, 5.41) is 9.02. The topological polar surface area (TPSA) is 60.9 Å². The number of rotatable bonds is 2. The lowest BCUT2D eigenvalue weighted by Gasteiger charge is -2.44. The second-order valence-electron chi connectivity index (χ2n) is 6.90. The maximum atomic E-state index is 13.0. The van der Waals surface area contributed by atoms with E-state index < -0.39 is 6.61 Å². The van der Waals surface area contributed by atoms with Gasteiger partial charge in [0.25, 0.3) is 0 Å². The lowest BCUT2D eigenvalue weighted by molar-refractivity contribution is -0.149. The number of aliphatic hydroxyl groups excluding tert-OH is 1. The zero-order valence-corrected chi connectivity index (χ0v) is 12.7. The Hall–Kier alpha value is -1.10. The smallest absolute Gasteiger partial charge is 0.248 e. The van der Waals surface area contributed by atoms with Crippen LogP contribution in [0.3, 0.4) is 0 Å². The van der Waals surface area contributed by atoms with E-state index in [9.17, 15) is 9.59 Å². The van der Waals surface area contributed by atoms with Gasteiger partial charge in [-0.15, -0.1) is 0 Å². The molecule has 5 heteroatoms. The van der Waals surface area contributed by atoms with Crippen molar-refractivity contribution in [2.24, 2.45) is 5.41 Å². The third kappa shape index (κ3) is 2.68. The molecule has 21 heavy (non-hydrogen) atoms. The molecule has 1 spiro atoms. The van der Waals surface area contributed by atoms with Gasteiger partial charge in [-0.05, 0) is 32.1 Å². The summed E-state index contributed by atoms with van der Waals surface area (Å²) in [5.41, 5.74) is -0.361. The first-order valence-electron chi connectivity index (χ1n) is 8.36. The van der Waals surface area contributed by atoms with Gasteiger partial charge in [0.1, 0.15) is 6.61 Å². The predicted molar refractivity (Wildman–Crippen MR) is 78.5 cm³/mol. The lowest BCUT2D eigenvalue weighted by Crippen LogP contribution is -2.54. The second-order valence-corrected chi connectivity index (χ2v) is 6.90. The average molecular weight is 294 g/mol. The number of likely N-dealkylation sites (tertiary alicyclic amines) is 2. The van der Waals surface area contributed by atoms with E-state index in [0.29, 0.717) is 19.1 Å². The van der Waals surface area contributed by atoms with Gasteiger partial charge in [-0.2, -0.15) is 0 Å². The first-order valence-corrected chi connectivity index (χ1v) is 8.36. The van der Waals surface area contributed by atoms with Gasteiger partial charge < -0.3 is 14.9 Å². The summed E-state index contributed by atoms with van der Waals surface area (Å²) in [6.45, 7) is 1.56. The Morgan fingerprint density at radius 3 is 2.62 bits per heavy atom. The van der Waals surface area contributed by atoms with E-state index in [1.165, 1.54) is 19.3 Å². The number of carbonyl (C=O) groups is 2. The third-order valence-corrected chi connectivity index (χ3v) is 5.63. The van der Waals surface area contributed by atoms with E-state index in [1.54, 1.807) is 4.90 Å². The maximum Gasteiger partial charge on any atom is 0.248 e. The summed E-state index contributed by atoms with van der Waals surface area (Å²) in [5.74, 6) is 0.0309. The number of hydrogen-bond acceptors (Lipinski definition) is 3. The van der Waals surface area contributed by atoms with E-state index in [2.05, 4.69) is 4.90 Å². The van der Waals surface area contributed by atoms with Crippen LogP contribution in [0.2, 0.25) is 0 Å². The average Bonchev–Trinajstić information content (AvgIpc) is 2.95. The van der Waals surface area contributed by atoms with Crippen LogP contribution in [0.25, 0.3) is 0 Å². The van der Waals surface area contributed by atoms with Crippen LogP contribution < -0.4 is 0 Å². The van der Waals surface area contributed by atoms with Crippen LogP contribution in [0.4, 0.5) is 0 Å². The predicted octanol–water partition coefficient (Wildman–Crippen LogP) is 1.15. The zero-order chi connectivity index (χ0) is 14.9. The van der Waals surface area contributed by atoms with Crippen molar-refractivity contribution in [2.45, 2.75) is 57.4 Å². The Kier molecular flexibility index (Phi) is 4.20. The van der Waals surface area contributed by atoms with Gasteiger partial charge in [0.2, 0.25) is 11.8 Å². The van der Waals surface area contributed by atoms with Crippen LogP contribution in [-0.4, -0.2) is 59.0 Å². The molecule has 3 rings (SSSR count). The van der Waals surface area contributed by atoms with Crippen molar-refractivity contribution in [3.8, 4) is 0 Å². The maximum absolute atomic E-state index is 13.0. The molecule has 5 nitrogen and oxygen atoms in total. The number of hydrogen-bond donors (Lipinski definition) is 1. The molecule has 1 unspecified atom stereocenters. The summed E-state index contributed by atoms with van der Waals surface area (Å²) < 4.78 is 0. The SMILES string of the molecule is O=C(CO)N1CCC2(CCCN(C3CCCCC3)C2=O)C1. The second kappa shape index (κ2) is 5.95. The van der Waals surface area contributed by atoms with Gasteiger partial charge in [-0.1, -0.05) is 19.3 Å². The fraction of sp³-hybridized carbons (Fsp3) is 0.875. The summed E-state index contributed by atoms with van der Waals surface area (Å²) in [6, 6.07) is 0.422. The molecule has 0 aromatic carbocycles. The molecule has 0 radical (unpaired) electrons. The van der Waals surface area contributed by atoms with E-state index >= 15 is 0 Å². The molecule has 3 aliphatic rings. The summed E-state index contributed by atoms with van der Waals surface area (Å²) in [4.78, 5) is 28.5. The van der Waals surface area contributed by atoms with Gasteiger partial charge >= 0.3 is 0 Å². The van der Waals surface area contributed by atoms with Gasteiger partial charge in [0, 0.05) is 25.7 Å². The van der Waals surface area contributed by atoms with Crippen molar-refractivity contribution < 1.29 is 14.7 Å². The Balaban J connectivity index is 1.71. The molecule has 3 fully saturated rings. The molecule has 2 amide bonds. The highest BCUT2D eigenvalue weighted by molar-refractivity contribution is 5.86. The van der Waals surface area contributed by atoms with Crippen LogP contribution >= 0.6 is 0 Å². The molecule has 1 N–H and O–H groups in total. The fourth-order valence-electron chi connectivity index (χ4n) is 4.41. The van der Waals surface area contributed by atoms with Crippen molar-refractivity contribution in [3.05, 3.63) is 0 Å². The lowest BCUT2D eigenvalue weighted by atomic mass is 9.77. The van der Waals surface area contributed by atoms with Crippen LogP contribution in [0.15, 0.2) is 0 Å². The molecular weight excluding hydrogens is 268 g/mol. The Morgan fingerprint density at radius 2 is 1.90 bits per heavy atom. The molecule has 2 aliphatic heterocycles. The van der Waals surface area contributed by atoms with Crippen molar-refractivity contribution in [3.63, 3.8) is 0 Å². The Morgan fingerprint density at radius 1 is 1.14 bits per heavy atom. The van der Waals surface area contributed by atoms with Gasteiger partial charge in [-0.25, -0.2) is 0 Å². The Bertz CT molecular complexity index is 420. The highest BCUT2D eigenvalue weighted by Crippen LogP contribution is 2.41. The standard InChI is InChI=1S/C16H26N2O3/c19-11-14(20)17-10-8-16(12-17)7-4-9-18(15(16)21)13-5-2-1-3-6-13/h13,19H,1-12H2. The number of carbonyl (C=O) groups excluding carboxylic acids is 2. The molecule has 0 aromatic rings. The minimum atomic E-state index is -0.448. The van der Waals surface area contributed by atoms with Crippen LogP contribution in [0, 0.1) is 5.41 Å². The zero-order valence-electron chi connectivity index (χ0n) is 12.7. The summed E-state index contributed by atoms with van der Waals surface area (Å²) in [7, 11) is 0. The highest BCUT2D eigenvalue weighted by Gasteiger charge is 2.50. The highest BCUT2D eigenvalue weighted by atomic mass is 16.3. The molecule has 1 aliphatic carbocycles. The van der Waals surface area contributed by atoms with Crippen molar-refractivity contribution in [1.29, 1.82) is 0 Å². The van der Waals surface area contributed by atoms with E-state index in [-0.39, 0.29) is 17.2 Å². The van der Waals surface area contributed by atoms with Crippen molar-refractivity contribution in [1.82, 2.24) is 9.80 Å². The normalized spacial score (nSPS) is 31.2. The first kappa shape index (κ1) is 14.8. The van der Waals surface area contributed by atoms with Gasteiger partial charge in [0.15, 0.2) is 0 Å². The molecule has 1 saturated carbocycles. The van der Waals surface area contributed by atoms with Gasteiger partial charge in [0.05, 0.1) is 5.41 Å². The molecule has 2 saturated heterocycles. The molecule has 0 bridgehead atoms. The Labute approximate surface area is 126 Å².